The molecular formula is C13H22N2O. The van der Waals surface area contributed by atoms with Crippen molar-refractivity contribution in [3.63, 3.8) is 0 Å². The molecule has 0 aliphatic heterocycles. The molecule has 0 saturated heterocycles. The van der Waals surface area contributed by atoms with E-state index in [0.717, 1.165) is 25.8 Å². The summed E-state index contributed by atoms with van der Waals surface area (Å²) < 4.78 is 1.76. The average molecular weight is 222 g/mol. The zero-order chi connectivity index (χ0) is 12.2. The monoisotopic (exact) mass is 222 g/mol. The molecule has 0 aromatic carbocycles. The summed E-state index contributed by atoms with van der Waals surface area (Å²) in [6.45, 7) is 6.67. The predicted molar refractivity (Wildman–Crippen MR) is 67.4 cm³/mol. The molecule has 2 N–H and O–H groups in total. The van der Waals surface area contributed by atoms with Gasteiger partial charge in [0.25, 0.3) is 5.56 Å². The van der Waals surface area contributed by atoms with Crippen LogP contribution in [0.2, 0.25) is 0 Å². The molecule has 1 rings (SSSR count). The fraction of sp³-hybridized carbons (Fsp3) is 0.615. The maximum atomic E-state index is 12.1. The van der Waals surface area contributed by atoms with E-state index in [1.807, 2.05) is 32.2 Å². The highest BCUT2D eigenvalue weighted by atomic mass is 16.1. The molecule has 3 nitrogen and oxygen atoms in total. The number of pyridine rings is 1. The molecule has 0 aliphatic rings. The summed E-state index contributed by atoms with van der Waals surface area (Å²) in [4.78, 5) is 12.1. The van der Waals surface area contributed by atoms with Gasteiger partial charge in [-0.3, -0.25) is 4.79 Å². The lowest BCUT2D eigenvalue weighted by atomic mass is 9.97. The minimum absolute atomic E-state index is 0.0473. The first-order chi connectivity index (χ1) is 7.46. The third-order valence-electron chi connectivity index (χ3n) is 2.72. The van der Waals surface area contributed by atoms with Gasteiger partial charge in [-0.2, -0.15) is 0 Å². The average Bonchev–Trinajstić information content (AvgIpc) is 2.19. The lowest BCUT2D eigenvalue weighted by Crippen LogP contribution is -2.37. The van der Waals surface area contributed by atoms with Crippen molar-refractivity contribution in [2.45, 2.75) is 52.1 Å². The normalized spacial score (nSPS) is 11.8. The second-order valence-electron chi connectivity index (χ2n) is 4.85. The minimum atomic E-state index is -0.565. The number of nitrogens with two attached hydrogens (primary N) is 1. The zero-order valence-electron chi connectivity index (χ0n) is 10.5. The molecule has 3 heteroatoms. The maximum Gasteiger partial charge on any atom is 0.255 e. The van der Waals surface area contributed by atoms with E-state index in [1.54, 1.807) is 4.57 Å². The van der Waals surface area contributed by atoms with E-state index in [2.05, 4.69) is 6.92 Å². The van der Waals surface area contributed by atoms with Crippen LogP contribution in [0.5, 0.6) is 0 Å². The zero-order valence-corrected chi connectivity index (χ0v) is 10.5. The fourth-order valence-corrected chi connectivity index (χ4v) is 1.74. The summed E-state index contributed by atoms with van der Waals surface area (Å²) in [6.07, 6.45) is 5.21. The summed E-state index contributed by atoms with van der Waals surface area (Å²) in [5.74, 6) is 0. The van der Waals surface area contributed by atoms with Crippen molar-refractivity contribution in [1.82, 2.24) is 4.57 Å². The Bertz CT molecular complexity index is 388. The Balaban J connectivity index is 2.92. The first-order valence-electron chi connectivity index (χ1n) is 5.95. The van der Waals surface area contributed by atoms with Crippen molar-refractivity contribution < 1.29 is 0 Å². The lowest BCUT2D eigenvalue weighted by molar-refractivity contribution is 0.523. The van der Waals surface area contributed by atoms with Gasteiger partial charge in [-0.05, 0) is 26.3 Å². The third-order valence-corrected chi connectivity index (χ3v) is 2.72. The van der Waals surface area contributed by atoms with Crippen molar-refractivity contribution in [1.29, 1.82) is 0 Å². The summed E-state index contributed by atoms with van der Waals surface area (Å²) in [7, 11) is 0. The van der Waals surface area contributed by atoms with Crippen molar-refractivity contribution in [2.24, 2.45) is 5.73 Å². The molecule has 1 heterocycles. The number of rotatable bonds is 5. The van der Waals surface area contributed by atoms with E-state index in [9.17, 15) is 4.79 Å². The van der Waals surface area contributed by atoms with Gasteiger partial charge in [0.1, 0.15) is 0 Å². The van der Waals surface area contributed by atoms with Crippen LogP contribution < -0.4 is 11.3 Å². The van der Waals surface area contributed by atoms with Gasteiger partial charge in [-0.1, -0.05) is 25.8 Å². The molecule has 0 atom stereocenters. The Labute approximate surface area is 97.3 Å². The number of aryl methyl sites for hydroxylation is 1. The van der Waals surface area contributed by atoms with Crippen molar-refractivity contribution in [2.75, 3.05) is 0 Å². The van der Waals surface area contributed by atoms with Crippen LogP contribution in [-0.4, -0.2) is 4.57 Å². The van der Waals surface area contributed by atoms with Gasteiger partial charge in [0.15, 0.2) is 0 Å². The molecule has 0 amide bonds. The number of hydrogen-bond donors (Lipinski definition) is 1. The van der Waals surface area contributed by atoms with Crippen LogP contribution in [-0.2, 0) is 12.1 Å². The van der Waals surface area contributed by atoms with Gasteiger partial charge in [0, 0.05) is 23.8 Å². The maximum absolute atomic E-state index is 12.1. The molecule has 0 bridgehead atoms. The van der Waals surface area contributed by atoms with Crippen LogP contribution in [0.4, 0.5) is 0 Å². The molecule has 0 radical (unpaired) electrons. The highest BCUT2D eigenvalue weighted by Crippen LogP contribution is 2.11. The molecule has 0 aliphatic carbocycles. The van der Waals surface area contributed by atoms with Crippen molar-refractivity contribution >= 4 is 0 Å². The second-order valence-corrected chi connectivity index (χ2v) is 4.85. The number of hydrogen-bond acceptors (Lipinski definition) is 2. The third kappa shape index (κ3) is 3.20. The topological polar surface area (TPSA) is 48.0 Å². The van der Waals surface area contributed by atoms with E-state index in [0.29, 0.717) is 5.56 Å². The minimum Gasteiger partial charge on any atom is -0.322 e. The molecule has 1 aromatic heterocycles. The quantitative estimate of drug-likeness (QED) is 0.777. The van der Waals surface area contributed by atoms with E-state index in [4.69, 9.17) is 5.73 Å². The Hall–Kier alpha value is -1.09. The molecule has 1 aromatic rings. The van der Waals surface area contributed by atoms with Gasteiger partial charge >= 0.3 is 0 Å². The molecule has 0 spiro atoms. The van der Waals surface area contributed by atoms with Gasteiger partial charge in [-0.25, -0.2) is 0 Å². The summed E-state index contributed by atoms with van der Waals surface area (Å²) in [5, 5.41) is 0. The van der Waals surface area contributed by atoms with Crippen LogP contribution in [0.3, 0.4) is 0 Å². The van der Waals surface area contributed by atoms with E-state index >= 15 is 0 Å². The highest BCUT2D eigenvalue weighted by Gasteiger charge is 2.18. The SMILES string of the molecule is CCCCCn1cccc(C(C)(C)N)c1=O. The standard InChI is InChI=1S/C13H22N2O/c1-4-5-6-9-15-10-7-8-11(12(15)16)13(2,3)14/h7-8,10H,4-6,9,14H2,1-3H3. The fourth-order valence-electron chi connectivity index (χ4n) is 1.74. The summed E-state index contributed by atoms with van der Waals surface area (Å²) >= 11 is 0. The van der Waals surface area contributed by atoms with E-state index in [1.165, 1.54) is 0 Å². The molecule has 0 unspecified atom stereocenters. The van der Waals surface area contributed by atoms with Gasteiger partial charge < -0.3 is 10.3 Å². The summed E-state index contributed by atoms with van der Waals surface area (Å²) in [6, 6.07) is 3.72. The van der Waals surface area contributed by atoms with Crippen molar-refractivity contribution in [3.05, 3.63) is 34.2 Å². The first kappa shape index (κ1) is 13.0. The summed E-state index contributed by atoms with van der Waals surface area (Å²) in [5.41, 5.74) is 6.14. The predicted octanol–water partition coefficient (Wildman–Crippen LogP) is 2.23. The van der Waals surface area contributed by atoms with E-state index < -0.39 is 5.54 Å². The van der Waals surface area contributed by atoms with Crippen molar-refractivity contribution in [3.8, 4) is 0 Å². The largest absolute Gasteiger partial charge is 0.322 e. The highest BCUT2D eigenvalue weighted by molar-refractivity contribution is 5.18. The Kier molecular flexibility index (Phi) is 4.30. The Morgan fingerprint density at radius 1 is 1.38 bits per heavy atom. The molecule has 90 valence electrons. The molecule has 0 saturated carbocycles. The number of aromatic nitrogens is 1. The smallest absolute Gasteiger partial charge is 0.255 e. The van der Waals surface area contributed by atoms with Crippen LogP contribution in [0.1, 0.15) is 45.6 Å². The number of unbranched alkanes of at least 4 members (excludes halogenated alkanes) is 2. The van der Waals surface area contributed by atoms with Crippen LogP contribution in [0.25, 0.3) is 0 Å². The van der Waals surface area contributed by atoms with Crippen LogP contribution in [0, 0.1) is 0 Å². The number of nitrogens with zero attached hydrogens (tertiary/aromatic N) is 1. The van der Waals surface area contributed by atoms with Gasteiger partial charge in [-0.15, -0.1) is 0 Å². The molecular weight excluding hydrogens is 200 g/mol. The Morgan fingerprint density at radius 2 is 2.06 bits per heavy atom. The lowest BCUT2D eigenvalue weighted by Gasteiger charge is -2.19. The Morgan fingerprint density at radius 3 is 2.62 bits per heavy atom. The van der Waals surface area contributed by atoms with Crippen LogP contribution in [0.15, 0.2) is 23.1 Å². The first-order valence-corrected chi connectivity index (χ1v) is 5.95. The molecule has 16 heavy (non-hydrogen) atoms. The van der Waals surface area contributed by atoms with Gasteiger partial charge in [0.05, 0.1) is 0 Å². The van der Waals surface area contributed by atoms with E-state index in [-0.39, 0.29) is 5.56 Å². The molecule has 0 fully saturated rings. The second kappa shape index (κ2) is 5.30. The van der Waals surface area contributed by atoms with Gasteiger partial charge in [0.2, 0.25) is 0 Å². The van der Waals surface area contributed by atoms with Crippen LogP contribution >= 0.6 is 0 Å².